The summed E-state index contributed by atoms with van der Waals surface area (Å²) in [6.45, 7) is 0. The fraction of sp³-hybridized carbons (Fsp3) is 0.500. The van der Waals surface area contributed by atoms with Gasteiger partial charge >= 0.3 is 5.97 Å². The number of furan rings is 1. The van der Waals surface area contributed by atoms with Crippen LogP contribution in [0.3, 0.4) is 0 Å². The van der Waals surface area contributed by atoms with Crippen molar-refractivity contribution < 1.29 is 13.9 Å². The van der Waals surface area contributed by atoms with Crippen LogP contribution in [0.25, 0.3) is 0 Å². The molecule has 1 fully saturated rings. The SMILES string of the molecule is O=C1CC[C@](CI)(Cc2ccoc2)O1. The molecule has 0 aromatic carbocycles. The molecule has 0 spiro atoms. The van der Waals surface area contributed by atoms with Crippen molar-refractivity contribution in [2.45, 2.75) is 24.9 Å². The predicted molar refractivity (Wildman–Crippen MR) is 59.4 cm³/mol. The van der Waals surface area contributed by atoms with Gasteiger partial charge in [0.25, 0.3) is 0 Å². The molecule has 4 heteroatoms. The molecule has 3 nitrogen and oxygen atoms in total. The standard InChI is InChI=1S/C10H11IO3/c11-7-10(3-1-9(12)14-10)5-8-2-4-13-6-8/h2,4,6H,1,3,5,7H2/t10-/m1/s1. The van der Waals surface area contributed by atoms with Crippen LogP contribution in [0.15, 0.2) is 23.0 Å². The first kappa shape index (κ1) is 10.0. The zero-order valence-electron chi connectivity index (χ0n) is 7.66. The van der Waals surface area contributed by atoms with Crippen molar-refractivity contribution in [3.05, 3.63) is 24.2 Å². The van der Waals surface area contributed by atoms with E-state index in [1.165, 1.54) is 0 Å². The Balaban J connectivity index is 2.10. The van der Waals surface area contributed by atoms with Crippen LogP contribution < -0.4 is 0 Å². The summed E-state index contributed by atoms with van der Waals surface area (Å²) in [7, 11) is 0. The van der Waals surface area contributed by atoms with Gasteiger partial charge in [0.1, 0.15) is 5.60 Å². The van der Waals surface area contributed by atoms with Crippen LogP contribution in [0, 0.1) is 0 Å². The Morgan fingerprint density at radius 1 is 1.57 bits per heavy atom. The highest BCUT2D eigenvalue weighted by Gasteiger charge is 2.39. The average molecular weight is 306 g/mol. The summed E-state index contributed by atoms with van der Waals surface area (Å²) < 4.78 is 11.2. The number of cyclic esters (lactones) is 1. The highest BCUT2D eigenvalue weighted by molar-refractivity contribution is 14.1. The van der Waals surface area contributed by atoms with Gasteiger partial charge in [-0.3, -0.25) is 4.79 Å². The molecule has 1 atom stereocenters. The molecule has 76 valence electrons. The minimum absolute atomic E-state index is 0.0786. The van der Waals surface area contributed by atoms with Crippen molar-refractivity contribution in [1.82, 2.24) is 0 Å². The molecule has 1 aromatic rings. The summed E-state index contributed by atoms with van der Waals surface area (Å²) >= 11 is 2.27. The number of ether oxygens (including phenoxy) is 1. The van der Waals surface area contributed by atoms with E-state index in [0.717, 1.165) is 22.8 Å². The Labute approximate surface area is 95.9 Å². The molecule has 0 N–H and O–H groups in total. The van der Waals surface area contributed by atoms with E-state index in [9.17, 15) is 4.79 Å². The van der Waals surface area contributed by atoms with E-state index >= 15 is 0 Å². The van der Waals surface area contributed by atoms with Gasteiger partial charge in [0.2, 0.25) is 0 Å². The lowest BCUT2D eigenvalue weighted by molar-refractivity contribution is -0.146. The normalized spacial score (nSPS) is 26.5. The average Bonchev–Trinajstić information content (AvgIpc) is 2.77. The first-order valence-corrected chi connectivity index (χ1v) is 6.06. The predicted octanol–water partition coefficient (Wildman–Crippen LogP) is 2.33. The largest absolute Gasteiger partial charge is 0.472 e. The summed E-state index contributed by atoms with van der Waals surface area (Å²) in [4.78, 5) is 11.1. The van der Waals surface area contributed by atoms with E-state index in [1.54, 1.807) is 12.5 Å². The number of halogens is 1. The van der Waals surface area contributed by atoms with Gasteiger partial charge in [-0.05, 0) is 18.1 Å². The molecule has 1 aliphatic heterocycles. The molecular formula is C10H11IO3. The van der Waals surface area contributed by atoms with Crippen molar-refractivity contribution in [3.8, 4) is 0 Å². The molecule has 0 aliphatic carbocycles. The molecule has 0 amide bonds. The van der Waals surface area contributed by atoms with Crippen molar-refractivity contribution >= 4 is 28.6 Å². The fourth-order valence-electron chi connectivity index (χ4n) is 1.70. The first-order chi connectivity index (χ1) is 6.74. The van der Waals surface area contributed by atoms with E-state index in [1.807, 2.05) is 6.07 Å². The van der Waals surface area contributed by atoms with E-state index in [2.05, 4.69) is 22.6 Å². The topological polar surface area (TPSA) is 39.4 Å². The van der Waals surface area contributed by atoms with E-state index in [-0.39, 0.29) is 11.6 Å². The summed E-state index contributed by atoms with van der Waals surface area (Å²) in [5, 5.41) is 0. The third kappa shape index (κ3) is 1.94. The quantitative estimate of drug-likeness (QED) is 0.489. The summed E-state index contributed by atoms with van der Waals surface area (Å²) in [5.74, 6) is -0.0786. The van der Waals surface area contributed by atoms with Crippen LogP contribution in [0.1, 0.15) is 18.4 Å². The molecular weight excluding hydrogens is 295 g/mol. The second kappa shape index (κ2) is 3.92. The number of alkyl halides is 1. The first-order valence-electron chi connectivity index (χ1n) is 4.53. The van der Waals surface area contributed by atoms with Gasteiger partial charge in [0, 0.05) is 17.3 Å². The Bertz CT molecular complexity index is 320. The molecule has 1 saturated heterocycles. The van der Waals surface area contributed by atoms with Crippen molar-refractivity contribution in [2.24, 2.45) is 0 Å². The maximum atomic E-state index is 11.1. The lowest BCUT2D eigenvalue weighted by Gasteiger charge is -2.24. The maximum Gasteiger partial charge on any atom is 0.306 e. The second-order valence-corrected chi connectivity index (χ2v) is 4.36. The van der Waals surface area contributed by atoms with Crippen LogP contribution in [0.5, 0.6) is 0 Å². The number of esters is 1. The van der Waals surface area contributed by atoms with Crippen LogP contribution in [0.4, 0.5) is 0 Å². The van der Waals surface area contributed by atoms with Crippen molar-refractivity contribution in [2.75, 3.05) is 4.43 Å². The van der Waals surface area contributed by atoms with Crippen LogP contribution in [-0.4, -0.2) is 16.0 Å². The number of hydrogen-bond donors (Lipinski definition) is 0. The molecule has 0 radical (unpaired) electrons. The Morgan fingerprint density at radius 2 is 2.43 bits per heavy atom. The Hall–Kier alpha value is -0.520. The highest BCUT2D eigenvalue weighted by Crippen LogP contribution is 2.32. The Kier molecular flexibility index (Phi) is 2.80. The number of rotatable bonds is 3. The van der Waals surface area contributed by atoms with Crippen molar-refractivity contribution in [1.29, 1.82) is 0 Å². The zero-order valence-corrected chi connectivity index (χ0v) is 9.82. The summed E-state index contributed by atoms with van der Waals surface area (Å²) in [6, 6.07) is 1.92. The van der Waals surface area contributed by atoms with Crippen LogP contribution in [-0.2, 0) is 16.0 Å². The van der Waals surface area contributed by atoms with Gasteiger partial charge in [0.15, 0.2) is 0 Å². The van der Waals surface area contributed by atoms with Gasteiger partial charge in [0.05, 0.1) is 12.5 Å². The molecule has 14 heavy (non-hydrogen) atoms. The van der Waals surface area contributed by atoms with Gasteiger partial charge < -0.3 is 9.15 Å². The van der Waals surface area contributed by atoms with E-state index < -0.39 is 0 Å². The second-order valence-electron chi connectivity index (χ2n) is 3.60. The summed E-state index contributed by atoms with van der Waals surface area (Å²) in [6.07, 6.45) is 5.48. The maximum absolute atomic E-state index is 11.1. The highest BCUT2D eigenvalue weighted by atomic mass is 127. The van der Waals surface area contributed by atoms with Crippen LogP contribution in [0.2, 0.25) is 0 Å². The smallest absolute Gasteiger partial charge is 0.306 e. The molecule has 1 aromatic heterocycles. The lowest BCUT2D eigenvalue weighted by Crippen LogP contribution is -2.33. The third-order valence-electron chi connectivity index (χ3n) is 2.47. The molecule has 0 saturated carbocycles. The van der Waals surface area contributed by atoms with Gasteiger partial charge in [-0.25, -0.2) is 0 Å². The fourth-order valence-corrected chi connectivity index (χ4v) is 2.51. The molecule has 0 bridgehead atoms. The summed E-state index contributed by atoms with van der Waals surface area (Å²) in [5.41, 5.74) is 0.804. The zero-order chi connectivity index (χ0) is 10.0. The third-order valence-corrected chi connectivity index (χ3v) is 3.86. The minimum atomic E-state index is -0.290. The Morgan fingerprint density at radius 3 is 2.93 bits per heavy atom. The number of carbonyl (C=O) groups excluding carboxylic acids is 1. The lowest BCUT2D eigenvalue weighted by atomic mass is 9.95. The van der Waals surface area contributed by atoms with Gasteiger partial charge in [-0.1, -0.05) is 22.6 Å². The minimum Gasteiger partial charge on any atom is -0.472 e. The van der Waals surface area contributed by atoms with E-state index in [0.29, 0.717) is 6.42 Å². The van der Waals surface area contributed by atoms with Gasteiger partial charge in [-0.15, -0.1) is 0 Å². The molecule has 2 heterocycles. The molecule has 2 rings (SSSR count). The van der Waals surface area contributed by atoms with Crippen molar-refractivity contribution in [3.63, 3.8) is 0 Å². The van der Waals surface area contributed by atoms with E-state index in [4.69, 9.17) is 9.15 Å². The molecule has 0 unspecified atom stereocenters. The number of hydrogen-bond acceptors (Lipinski definition) is 3. The number of carbonyl (C=O) groups is 1. The monoisotopic (exact) mass is 306 g/mol. The molecule has 1 aliphatic rings. The van der Waals surface area contributed by atoms with Crippen LogP contribution >= 0.6 is 22.6 Å². The van der Waals surface area contributed by atoms with Gasteiger partial charge in [-0.2, -0.15) is 0 Å².